The average molecular weight is 415 g/mol. The summed E-state index contributed by atoms with van der Waals surface area (Å²) in [5.74, 6) is -0.503. The number of rotatable bonds is 8. The first-order chi connectivity index (χ1) is 14.3. The highest BCUT2D eigenvalue weighted by Gasteiger charge is 2.52. The van der Waals surface area contributed by atoms with Crippen molar-refractivity contribution in [1.29, 1.82) is 0 Å². The molecule has 1 fully saturated rings. The second-order valence-electron chi connectivity index (χ2n) is 8.15. The highest BCUT2D eigenvalue weighted by atomic mass is 16.2. The van der Waals surface area contributed by atoms with E-state index in [9.17, 15) is 19.2 Å². The van der Waals surface area contributed by atoms with Gasteiger partial charge in [0.15, 0.2) is 0 Å². The Bertz CT molecular complexity index is 855. The monoisotopic (exact) mass is 414 g/mol. The van der Waals surface area contributed by atoms with E-state index in [1.54, 1.807) is 28.0 Å². The first-order valence-electron chi connectivity index (χ1n) is 10.6. The number of amides is 4. The maximum absolute atomic E-state index is 13.1. The molecule has 0 aromatic heterocycles. The molecule has 0 spiro atoms. The van der Waals surface area contributed by atoms with Crippen LogP contribution in [0.3, 0.4) is 0 Å². The molecule has 30 heavy (non-hydrogen) atoms. The highest BCUT2D eigenvalue weighted by molar-refractivity contribution is 6.10. The van der Waals surface area contributed by atoms with Gasteiger partial charge in [-0.3, -0.25) is 24.1 Å². The van der Waals surface area contributed by atoms with Crippen molar-refractivity contribution < 1.29 is 19.2 Å². The number of anilines is 1. The molecule has 0 saturated carbocycles. The van der Waals surface area contributed by atoms with Crippen molar-refractivity contribution >= 4 is 29.3 Å². The summed E-state index contributed by atoms with van der Waals surface area (Å²) in [6.07, 6.45) is 2.07. The Hall–Kier alpha value is -2.90. The number of para-hydroxylation sites is 1. The molecule has 0 radical (unpaired) electrons. The molecule has 1 aromatic carbocycles. The molecule has 2 unspecified atom stereocenters. The third kappa shape index (κ3) is 4.17. The van der Waals surface area contributed by atoms with Crippen LogP contribution in [0.2, 0.25) is 0 Å². The van der Waals surface area contributed by atoms with Gasteiger partial charge in [-0.05, 0) is 38.8 Å². The van der Waals surface area contributed by atoms with Crippen molar-refractivity contribution in [3.05, 3.63) is 29.8 Å². The Kier molecular flexibility index (Phi) is 6.43. The predicted molar refractivity (Wildman–Crippen MR) is 113 cm³/mol. The lowest BCUT2D eigenvalue weighted by atomic mass is 9.98. The molecule has 3 rings (SSSR count). The van der Waals surface area contributed by atoms with E-state index in [4.69, 9.17) is 0 Å². The lowest BCUT2D eigenvalue weighted by molar-refractivity contribution is -0.122. The van der Waals surface area contributed by atoms with Gasteiger partial charge in [-0.1, -0.05) is 19.1 Å². The van der Waals surface area contributed by atoms with Gasteiger partial charge in [0, 0.05) is 38.4 Å². The largest absolute Gasteiger partial charge is 0.356 e. The molecule has 1 aromatic rings. The summed E-state index contributed by atoms with van der Waals surface area (Å²) in [5, 5.41) is 5.60. The van der Waals surface area contributed by atoms with E-state index in [0.717, 1.165) is 6.42 Å². The van der Waals surface area contributed by atoms with Crippen molar-refractivity contribution in [2.75, 3.05) is 18.0 Å². The summed E-state index contributed by atoms with van der Waals surface area (Å²) >= 11 is 0. The minimum Gasteiger partial charge on any atom is -0.356 e. The number of hydrogen-bond donors (Lipinski definition) is 2. The third-order valence-corrected chi connectivity index (χ3v) is 6.00. The van der Waals surface area contributed by atoms with Crippen LogP contribution < -0.4 is 15.5 Å². The predicted octanol–water partition coefficient (Wildman–Crippen LogP) is 1.80. The van der Waals surface area contributed by atoms with Gasteiger partial charge in [-0.2, -0.15) is 0 Å². The van der Waals surface area contributed by atoms with Crippen LogP contribution >= 0.6 is 0 Å². The number of fused-ring (bicyclic) bond motifs is 3. The fraction of sp³-hybridized carbons (Fsp3) is 0.545. The van der Waals surface area contributed by atoms with Crippen molar-refractivity contribution in [2.24, 2.45) is 0 Å². The van der Waals surface area contributed by atoms with Crippen LogP contribution in [0.5, 0.6) is 0 Å². The Morgan fingerprint density at radius 2 is 1.90 bits per heavy atom. The van der Waals surface area contributed by atoms with Crippen LogP contribution in [0.1, 0.15) is 63.2 Å². The standard InChI is InChI=1S/C22H30N4O4/c1-4-15(2)24-19(28)10-13-23-18(27)11-14-25-21(30)16-7-5-6-8-17(16)26-20(29)9-12-22(25,26)3/h5-8,15H,4,9-14H2,1-3H3,(H,23,27)(H,24,28). The zero-order valence-corrected chi connectivity index (χ0v) is 17.9. The number of nitrogens with one attached hydrogen (secondary N) is 2. The Morgan fingerprint density at radius 1 is 1.17 bits per heavy atom. The van der Waals surface area contributed by atoms with Crippen molar-refractivity contribution in [1.82, 2.24) is 15.5 Å². The molecule has 2 atom stereocenters. The molecule has 2 aliphatic rings. The zero-order valence-electron chi connectivity index (χ0n) is 17.9. The molecule has 8 nitrogen and oxygen atoms in total. The van der Waals surface area contributed by atoms with Crippen LogP contribution in [-0.4, -0.2) is 53.3 Å². The van der Waals surface area contributed by atoms with E-state index < -0.39 is 5.66 Å². The number of hydrogen-bond acceptors (Lipinski definition) is 4. The Morgan fingerprint density at radius 3 is 2.63 bits per heavy atom. The summed E-state index contributed by atoms with van der Waals surface area (Å²) in [4.78, 5) is 53.1. The molecule has 0 bridgehead atoms. The molecule has 4 amide bonds. The number of benzene rings is 1. The number of carbonyl (C=O) groups excluding carboxylic acids is 4. The van der Waals surface area contributed by atoms with Gasteiger partial charge >= 0.3 is 0 Å². The lowest BCUT2D eigenvalue weighted by Gasteiger charge is -2.48. The third-order valence-electron chi connectivity index (χ3n) is 6.00. The van der Waals surface area contributed by atoms with Gasteiger partial charge < -0.3 is 15.5 Å². The molecule has 162 valence electrons. The quantitative estimate of drug-likeness (QED) is 0.678. The molecular weight excluding hydrogens is 384 g/mol. The average Bonchev–Trinajstić information content (AvgIpc) is 3.03. The highest BCUT2D eigenvalue weighted by Crippen LogP contribution is 2.43. The maximum Gasteiger partial charge on any atom is 0.257 e. The smallest absolute Gasteiger partial charge is 0.257 e. The number of carbonyl (C=O) groups is 4. The summed E-state index contributed by atoms with van der Waals surface area (Å²) < 4.78 is 0. The zero-order chi connectivity index (χ0) is 21.9. The molecule has 8 heteroatoms. The molecule has 2 aliphatic heterocycles. The van der Waals surface area contributed by atoms with E-state index >= 15 is 0 Å². The van der Waals surface area contributed by atoms with E-state index in [-0.39, 0.29) is 55.6 Å². The first-order valence-corrected chi connectivity index (χ1v) is 10.6. The van der Waals surface area contributed by atoms with Gasteiger partial charge in [-0.15, -0.1) is 0 Å². The second kappa shape index (κ2) is 8.85. The van der Waals surface area contributed by atoms with Crippen LogP contribution in [-0.2, 0) is 14.4 Å². The fourth-order valence-electron chi connectivity index (χ4n) is 4.11. The van der Waals surface area contributed by atoms with Crippen LogP contribution in [0.4, 0.5) is 5.69 Å². The first kappa shape index (κ1) is 21.8. The Balaban J connectivity index is 1.60. The maximum atomic E-state index is 13.1. The topological polar surface area (TPSA) is 98.8 Å². The summed E-state index contributed by atoms with van der Waals surface area (Å²) in [6, 6.07) is 7.21. The Labute approximate surface area is 177 Å². The SMILES string of the molecule is CCC(C)NC(=O)CCNC(=O)CCN1C(=O)c2ccccc2N2C(=O)CCC12C. The van der Waals surface area contributed by atoms with Gasteiger partial charge in [0.2, 0.25) is 17.7 Å². The normalized spacial score (nSPS) is 21.2. The van der Waals surface area contributed by atoms with E-state index in [0.29, 0.717) is 24.1 Å². The van der Waals surface area contributed by atoms with Gasteiger partial charge in [-0.25, -0.2) is 0 Å². The van der Waals surface area contributed by atoms with Crippen molar-refractivity contribution in [3.8, 4) is 0 Å². The molecular formula is C22H30N4O4. The molecule has 2 N–H and O–H groups in total. The van der Waals surface area contributed by atoms with Gasteiger partial charge in [0.05, 0.1) is 11.3 Å². The minimum atomic E-state index is -0.765. The molecule has 2 heterocycles. The van der Waals surface area contributed by atoms with E-state index in [1.807, 2.05) is 26.8 Å². The second-order valence-corrected chi connectivity index (χ2v) is 8.15. The minimum absolute atomic E-state index is 0.0146. The van der Waals surface area contributed by atoms with Crippen LogP contribution in [0.15, 0.2) is 24.3 Å². The van der Waals surface area contributed by atoms with Crippen LogP contribution in [0, 0.1) is 0 Å². The lowest BCUT2D eigenvalue weighted by Crippen LogP contribution is -2.62. The van der Waals surface area contributed by atoms with Crippen molar-refractivity contribution in [3.63, 3.8) is 0 Å². The van der Waals surface area contributed by atoms with Crippen molar-refractivity contribution in [2.45, 2.75) is 64.6 Å². The summed E-state index contributed by atoms with van der Waals surface area (Å²) in [6.45, 7) is 6.26. The van der Waals surface area contributed by atoms with E-state index in [2.05, 4.69) is 10.6 Å². The fourth-order valence-corrected chi connectivity index (χ4v) is 4.11. The van der Waals surface area contributed by atoms with Gasteiger partial charge in [0.1, 0.15) is 5.66 Å². The van der Waals surface area contributed by atoms with E-state index in [1.165, 1.54) is 0 Å². The molecule has 0 aliphatic carbocycles. The molecule has 1 saturated heterocycles. The summed E-state index contributed by atoms with van der Waals surface area (Å²) in [5.41, 5.74) is 0.353. The number of nitrogens with zero attached hydrogens (tertiary/aromatic N) is 2. The van der Waals surface area contributed by atoms with Gasteiger partial charge in [0.25, 0.3) is 5.91 Å². The summed E-state index contributed by atoms with van der Waals surface area (Å²) in [7, 11) is 0. The van der Waals surface area contributed by atoms with Crippen LogP contribution in [0.25, 0.3) is 0 Å².